The van der Waals surface area contributed by atoms with E-state index < -0.39 is 18.0 Å². The molecule has 4 rings (SSSR count). The molecule has 2 aromatic rings. The van der Waals surface area contributed by atoms with Crippen molar-refractivity contribution in [3.05, 3.63) is 71.3 Å². The van der Waals surface area contributed by atoms with Gasteiger partial charge >= 0.3 is 12.1 Å². The van der Waals surface area contributed by atoms with Crippen LogP contribution in [0.4, 0.5) is 4.79 Å². The van der Waals surface area contributed by atoms with Gasteiger partial charge in [0.2, 0.25) is 5.91 Å². The minimum Gasteiger partial charge on any atom is -0.478 e. The van der Waals surface area contributed by atoms with Crippen LogP contribution in [0.15, 0.2) is 60.2 Å². The Morgan fingerprint density at radius 3 is 2.28 bits per heavy atom. The molecule has 1 unspecified atom stereocenters. The Morgan fingerprint density at radius 1 is 1.09 bits per heavy atom. The van der Waals surface area contributed by atoms with Gasteiger partial charge in [0.15, 0.2) is 0 Å². The summed E-state index contributed by atoms with van der Waals surface area (Å²) in [4.78, 5) is 37.5. The molecule has 0 radical (unpaired) electrons. The van der Waals surface area contributed by atoms with Crippen molar-refractivity contribution >= 4 is 18.0 Å². The summed E-state index contributed by atoms with van der Waals surface area (Å²) >= 11 is 0. The molecule has 2 amide bonds. The Bertz CT molecular complexity index is 1030. The number of carbonyl (C=O) groups excluding carboxylic acids is 2. The largest absolute Gasteiger partial charge is 0.478 e. The molecule has 166 valence electrons. The van der Waals surface area contributed by atoms with E-state index in [0.717, 1.165) is 22.3 Å². The van der Waals surface area contributed by atoms with Crippen LogP contribution in [0.5, 0.6) is 0 Å². The molecule has 1 atom stereocenters. The number of rotatable bonds is 6. The highest BCUT2D eigenvalue weighted by Gasteiger charge is 2.29. The van der Waals surface area contributed by atoms with Gasteiger partial charge in [-0.05, 0) is 28.7 Å². The van der Waals surface area contributed by atoms with Crippen LogP contribution in [0.1, 0.15) is 30.4 Å². The van der Waals surface area contributed by atoms with Gasteiger partial charge in [0.05, 0.1) is 5.92 Å². The smallest absolute Gasteiger partial charge is 0.407 e. The number of benzene rings is 2. The number of aliphatic carboxylic acids is 1. The Morgan fingerprint density at radius 2 is 1.72 bits per heavy atom. The van der Waals surface area contributed by atoms with Gasteiger partial charge in [0.25, 0.3) is 0 Å². The highest BCUT2D eigenvalue weighted by molar-refractivity contribution is 5.87. The summed E-state index contributed by atoms with van der Waals surface area (Å²) in [6, 6.07) is 16.3. The van der Waals surface area contributed by atoms with E-state index in [4.69, 9.17) is 9.84 Å². The maximum absolute atomic E-state index is 12.6. The first-order valence-electron chi connectivity index (χ1n) is 10.8. The van der Waals surface area contributed by atoms with Crippen molar-refractivity contribution in [3.63, 3.8) is 0 Å². The molecule has 1 heterocycles. The van der Waals surface area contributed by atoms with Crippen LogP contribution in [-0.2, 0) is 14.3 Å². The summed E-state index contributed by atoms with van der Waals surface area (Å²) in [5.41, 5.74) is 4.95. The molecule has 2 aliphatic rings. The molecule has 1 aliphatic carbocycles. The Hall–Kier alpha value is -3.61. The number of carbonyl (C=O) groups is 3. The third-order valence-corrected chi connectivity index (χ3v) is 6.11. The van der Waals surface area contributed by atoms with Crippen molar-refractivity contribution < 1.29 is 24.2 Å². The number of carboxylic acid groups (broad SMARTS) is 1. The lowest BCUT2D eigenvalue weighted by molar-refractivity contribution is -0.136. The van der Waals surface area contributed by atoms with Crippen molar-refractivity contribution in [3.8, 4) is 11.1 Å². The number of hydrogen-bond acceptors (Lipinski definition) is 4. The Labute approximate surface area is 186 Å². The monoisotopic (exact) mass is 434 g/mol. The number of ether oxygens (including phenoxy) is 1. The summed E-state index contributed by atoms with van der Waals surface area (Å²) in [5.74, 6) is -1.52. The predicted molar refractivity (Wildman–Crippen MR) is 119 cm³/mol. The van der Waals surface area contributed by atoms with Gasteiger partial charge in [-0.1, -0.05) is 61.5 Å². The number of alkyl carbamates (subject to hydrolysis) is 1. The molecule has 1 aliphatic heterocycles. The van der Waals surface area contributed by atoms with Crippen LogP contribution in [0.3, 0.4) is 0 Å². The molecule has 7 heteroatoms. The van der Waals surface area contributed by atoms with Crippen LogP contribution < -0.4 is 5.32 Å². The summed E-state index contributed by atoms with van der Waals surface area (Å²) in [6.45, 7) is 2.75. The van der Waals surface area contributed by atoms with Gasteiger partial charge in [0, 0.05) is 31.1 Å². The summed E-state index contributed by atoms with van der Waals surface area (Å²) < 4.78 is 5.51. The number of fused-ring (bicyclic) bond motifs is 3. The lowest BCUT2D eigenvalue weighted by Crippen LogP contribution is -2.42. The second-order valence-corrected chi connectivity index (χ2v) is 8.18. The first-order chi connectivity index (χ1) is 15.5. The maximum Gasteiger partial charge on any atom is 0.407 e. The average molecular weight is 434 g/mol. The van der Waals surface area contributed by atoms with Crippen LogP contribution in [0.2, 0.25) is 0 Å². The van der Waals surface area contributed by atoms with E-state index in [1.807, 2.05) is 24.3 Å². The van der Waals surface area contributed by atoms with E-state index in [1.54, 1.807) is 17.9 Å². The number of hydrogen-bond donors (Lipinski definition) is 2. The molecule has 0 fully saturated rings. The molecule has 32 heavy (non-hydrogen) atoms. The number of amides is 2. The zero-order valence-corrected chi connectivity index (χ0v) is 17.9. The fourth-order valence-electron chi connectivity index (χ4n) is 4.35. The SMILES string of the molecule is CC(CNC(=O)OCC1c2ccccc2-c2ccccc21)C(=O)N1CC=C(C(=O)O)CC1. The second-order valence-electron chi connectivity index (χ2n) is 8.18. The quantitative estimate of drug-likeness (QED) is 0.727. The standard InChI is InChI=1S/C25H26N2O5/c1-16(23(28)27-12-10-17(11-13-27)24(29)30)14-26-25(31)32-15-22-20-8-4-2-6-18(20)19-7-3-5-9-21(19)22/h2-10,16,22H,11-15H2,1H3,(H,26,31)(H,29,30). The van der Waals surface area contributed by atoms with E-state index in [9.17, 15) is 14.4 Å². The fourth-order valence-corrected chi connectivity index (χ4v) is 4.35. The predicted octanol–water partition coefficient (Wildman–Crippen LogP) is 3.40. The normalized spacial score (nSPS) is 15.9. The number of nitrogens with zero attached hydrogens (tertiary/aromatic N) is 1. The van der Waals surface area contributed by atoms with Gasteiger partial charge in [-0.2, -0.15) is 0 Å². The minimum absolute atomic E-state index is 0.0178. The van der Waals surface area contributed by atoms with Gasteiger partial charge in [-0.3, -0.25) is 4.79 Å². The molecule has 0 spiro atoms. The van der Waals surface area contributed by atoms with E-state index in [0.29, 0.717) is 18.5 Å². The van der Waals surface area contributed by atoms with Gasteiger partial charge < -0.3 is 20.1 Å². The molecule has 7 nitrogen and oxygen atoms in total. The maximum atomic E-state index is 12.6. The van der Waals surface area contributed by atoms with E-state index in [2.05, 4.69) is 29.6 Å². The third kappa shape index (κ3) is 4.37. The van der Waals surface area contributed by atoms with Gasteiger partial charge in [-0.25, -0.2) is 9.59 Å². The Kier molecular flexibility index (Phi) is 6.25. The molecule has 2 N–H and O–H groups in total. The van der Waals surface area contributed by atoms with Crippen LogP contribution in [-0.4, -0.2) is 54.2 Å². The van der Waals surface area contributed by atoms with Crippen molar-refractivity contribution in [2.45, 2.75) is 19.3 Å². The fraction of sp³-hybridized carbons (Fsp3) is 0.320. The third-order valence-electron chi connectivity index (χ3n) is 6.11. The van der Waals surface area contributed by atoms with E-state index >= 15 is 0 Å². The van der Waals surface area contributed by atoms with Crippen LogP contribution in [0.25, 0.3) is 11.1 Å². The molecular formula is C25H26N2O5. The van der Waals surface area contributed by atoms with Crippen LogP contribution in [0, 0.1) is 5.92 Å². The van der Waals surface area contributed by atoms with Crippen molar-refractivity contribution in [1.29, 1.82) is 0 Å². The lowest BCUT2D eigenvalue weighted by atomic mass is 9.98. The first kappa shape index (κ1) is 21.6. The highest BCUT2D eigenvalue weighted by Crippen LogP contribution is 2.44. The highest BCUT2D eigenvalue weighted by atomic mass is 16.5. The van der Waals surface area contributed by atoms with Crippen LogP contribution >= 0.6 is 0 Å². The number of nitrogens with one attached hydrogen (secondary N) is 1. The molecule has 0 saturated carbocycles. The lowest BCUT2D eigenvalue weighted by Gasteiger charge is -2.28. The van der Waals surface area contributed by atoms with Gasteiger partial charge in [0.1, 0.15) is 6.61 Å². The van der Waals surface area contributed by atoms with Crippen molar-refractivity contribution in [2.75, 3.05) is 26.2 Å². The summed E-state index contributed by atoms with van der Waals surface area (Å²) in [5, 5.41) is 11.7. The summed E-state index contributed by atoms with van der Waals surface area (Å²) in [7, 11) is 0. The first-order valence-corrected chi connectivity index (χ1v) is 10.8. The zero-order chi connectivity index (χ0) is 22.7. The minimum atomic E-state index is -0.943. The van der Waals surface area contributed by atoms with E-state index in [-0.39, 0.29) is 31.5 Å². The topological polar surface area (TPSA) is 95.9 Å². The Balaban J connectivity index is 1.29. The average Bonchev–Trinajstić information content (AvgIpc) is 3.14. The molecule has 0 aromatic heterocycles. The van der Waals surface area contributed by atoms with Crippen molar-refractivity contribution in [1.82, 2.24) is 10.2 Å². The summed E-state index contributed by atoms with van der Waals surface area (Å²) in [6.07, 6.45) is 1.33. The molecule has 2 aromatic carbocycles. The van der Waals surface area contributed by atoms with E-state index in [1.165, 1.54) is 0 Å². The molecular weight excluding hydrogens is 408 g/mol. The number of carboxylic acids is 1. The molecule has 0 bridgehead atoms. The van der Waals surface area contributed by atoms with Gasteiger partial charge in [-0.15, -0.1) is 0 Å². The second kappa shape index (κ2) is 9.26. The van der Waals surface area contributed by atoms with Crippen molar-refractivity contribution in [2.24, 2.45) is 5.92 Å². The zero-order valence-electron chi connectivity index (χ0n) is 17.9. The molecule has 0 saturated heterocycles.